The highest BCUT2D eigenvalue weighted by Crippen LogP contribution is 2.21. The van der Waals surface area contributed by atoms with E-state index in [1.54, 1.807) is 0 Å². The van der Waals surface area contributed by atoms with E-state index in [1.807, 2.05) is 0 Å². The van der Waals surface area contributed by atoms with Crippen molar-refractivity contribution in [1.29, 1.82) is 0 Å². The first-order valence-electron chi connectivity index (χ1n) is 8.40. The molecule has 0 amide bonds. The summed E-state index contributed by atoms with van der Waals surface area (Å²) >= 11 is 0. The first-order chi connectivity index (χ1) is 9.36. The number of unbranched alkanes of at least 4 members (excludes halogenated alkanes) is 5. The Kier molecular flexibility index (Phi) is 16.7. The zero-order chi connectivity index (χ0) is 13.8. The van der Waals surface area contributed by atoms with Crippen molar-refractivity contribution < 1.29 is 11.0 Å². The number of rotatable bonds is 11. The molecule has 1 aromatic rings. The third-order valence-corrected chi connectivity index (χ3v) is 4.03. The van der Waals surface area contributed by atoms with Crippen LogP contribution in [0.4, 0.5) is 0 Å². The molecule has 1 rings (SSSR count). The van der Waals surface area contributed by atoms with Gasteiger partial charge >= 0.3 is 0 Å². The summed E-state index contributed by atoms with van der Waals surface area (Å²) in [6.07, 6.45) is 12.7. The van der Waals surface area contributed by atoms with Crippen LogP contribution in [0.15, 0.2) is 30.3 Å². The summed E-state index contributed by atoms with van der Waals surface area (Å²) in [5.41, 5.74) is 1.52. The lowest BCUT2D eigenvalue weighted by molar-refractivity contribution is 0.560. The monoisotopic (exact) mass is 294 g/mol. The van der Waals surface area contributed by atoms with Crippen molar-refractivity contribution in [3.8, 4) is 0 Å². The van der Waals surface area contributed by atoms with Gasteiger partial charge in [0.15, 0.2) is 7.28 Å². The van der Waals surface area contributed by atoms with E-state index in [0.29, 0.717) is 0 Å². The van der Waals surface area contributed by atoms with E-state index in [9.17, 15) is 0 Å². The minimum Gasteiger partial charge on any atom is -0.412 e. The largest absolute Gasteiger partial charge is 0.412 e. The van der Waals surface area contributed by atoms with E-state index in [1.165, 1.54) is 70.5 Å². The maximum atomic E-state index is 2.32. The molecule has 0 aliphatic rings. The Morgan fingerprint density at radius 3 is 2.00 bits per heavy atom. The summed E-state index contributed by atoms with van der Waals surface area (Å²) in [5.74, 6) is 0.901. The third-order valence-electron chi connectivity index (χ3n) is 4.03. The predicted molar refractivity (Wildman–Crippen MR) is 97.1 cm³/mol. The van der Waals surface area contributed by atoms with Gasteiger partial charge in [0.25, 0.3) is 0 Å². The highest BCUT2D eigenvalue weighted by molar-refractivity contribution is 6.54. The van der Waals surface area contributed by atoms with Gasteiger partial charge in [-0.3, -0.25) is 0 Å². The molecule has 122 valence electrons. The average Bonchev–Trinajstić information content (AvgIpc) is 2.44. The number of hydrogen-bond acceptors (Lipinski definition) is 0. The summed E-state index contributed by atoms with van der Waals surface area (Å²) in [7, 11) is 1.28. The maximum absolute atomic E-state index is 2.32. The van der Waals surface area contributed by atoms with Crippen LogP contribution in [0.25, 0.3) is 0 Å². The zero-order valence-corrected chi connectivity index (χ0v) is 14.0. The Morgan fingerprint density at radius 2 is 1.38 bits per heavy atom. The van der Waals surface area contributed by atoms with Gasteiger partial charge in [0.2, 0.25) is 0 Å². The highest BCUT2D eigenvalue weighted by atomic mass is 16.0. The quantitative estimate of drug-likeness (QED) is 0.443. The lowest BCUT2D eigenvalue weighted by atomic mass is 9.56. The Labute approximate surface area is 132 Å². The molecule has 0 heterocycles. The van der Waals surface area contributed by atoms with Crippen LogP contribution < -0.4 is 5.46 Å². The molecule has 0 spiro atoms. The second kappa shape index (κ2) is 15.6. The molecule has 0 saturated carbocycles. The van der Waals surface area contributed by atoms with Gasteiger partial charge in [0, 0.05) is 0 Å². The fraction of sp³-hybridized carbons (Fsp3) is 0.667. The third kappa shape index (κ3) is 11.5. The molecule has 0 radical (unpaired) electrons. The molecule has 1 aromatic carbocycles. The lowest BCUT2D eigenvalue weighted by Gasteiger charge is -2.15. The smallest absolute Gasteiger partial charge is 0.160 e. The van der Waals surface area contributed by atoms with Gasteiger partial charge in [0.1, 0.15) is 0 Å². The molecule has 2 nitrogen and oxygen atoms in total. The van der Waals surface area contributed by atoms with Gasteiger partial charge in [-0.25, -0.2) is 0 Å². The van der Waals surface area contributed by atoms with Crippen molar-refractivity contribution >= 4 is 12.7 Å². The van der Waals surface area contributed by atoms with E-state index < -0.39 is 0 Å². The van der Waals surface area contributed by atoms with Gasteiger partial charge < -0.3 is 11.0 Å². The van der Waals surface area contributed by atoms with Crippen LogP contribution in [0.3, 0.4) is 0 Å². The van der Waals surface area contributed by atoms with Crippen LogP contribution in [0.2, 0.25) is 5.82 Å². The predicted octanol–water partition coefficient (Wildman–Crippen LogP) is 3.44. The zero-order valence-electron chi connectivity index (χ0n) is 14.0. The number of benzene rings is 1. The van der Waals surface area contributed by atoms with Gasteiger partial charge in [0.05, 0.1) is 0 Å². The van der Waals surface area contributed by atoms with Crippen LogP contribution >= 0.6 is 0 Å². The summed E-state index contributed by atoms with van der Waals surface area (Å²) in [5, 5.41) is 0. The first-order valence-corrected chi connectivity index (χ1v) is 8.40. The Hall–Kier alpha value is -0.795. The summed E-state index contributed by atoms with van der Waals surface area (Å²) in [6, 6.07) is 11.0. The van der Waals surface area contributed by atoms with Crippen molar-refractivity contribution in [1.82, 2.24) is 0 Å². The fourth-order valence-electron chi connectivity index (χ4n) is 2.92. The van der Waals surface area contributed by atoms with Crippen LogP contribution in [0, 0.1) is 0 Å². The Bertz CT molecular complexity index is 303. The summed E-state index contributed by atoms with van der Waals surface area (Å²) in [4.78, 5) is 0. The average molecular weight is 294 g/mol. The van der Waals surface area contributed by atoms with Crippen LogP contribution in [0.1, 0.15) is 71.6 Å². The molecule has 1 unspecified atom stereocenters. The molecular formula is C18H35BO2. The molecule has 0 bridgehead atoms. The van der Waals surface area contributed by atoms with Crippen molar-refractivity contribution in [3.63, 3.8) is 0 Å². The summed E-state index contributed by atoms with van der Waals surface area (Å²) < 4.78 is 0. The normalized spacial score (nSPS) is 11.1. The summed E-state index contributed by atoms with van der Waals surface area (Å²) in [6.45, 7) is 4.61. The van der Waals surface area contributed by atoms with Crippen molar-refractivity contribution in [2.24, 2.45) is 0 Å². The maximum Gasteiger partial charge on any atom is 0.160 e. The molecule has 21 heavy (non-hydrogen) atoms. The molecule has 4 N–H and O–H groups in total. The van der Waals surface area contributed by atoms with E-state index in [2.05, 4.69) is 44.2 Å². The van der Waals surface area contributed by atoms with E-state index >= 15 is 0 Å². The van der Waals surface area contributed by atoms with Gasteiger partial charge in [-0.05, 0) is 0 Å². The van der Waals surface area contributed by atoms with Crippen LogP contribution in [-0.4, -0.2) is 18.2 Å². The SMILES string of the molecule is CCCCCCCCC(Bc1ccccc1)CCC.O.O. The molecular weight excluding hydrogens is 259 g/mol. The molecule has 0 fully saturated rings. The van der Waals surface area contributed by atoms with E-state index in [-0.39, 0.29) is 11.0 Å². The molecule has 1 atom stereocenters. The Morgan fingerprint density at radius 1 is 0.762 bits per heavy atom. The molecule has 0 aromatic heterocycles. The molecule has 3 heteroatoms. The molecule has 0 aliphatic heterocycles. The van der Waals surface area contributed by atoms with Crippen LogP contribution in [-0.2, 0) is 0 Å². The minimum absolute atomic E-state index is 0. The minimum atomic E-state index is 0. The topological polar surface area (TPSA) is 63.0 Å². The van der Waals surface area contributed by atoms with Crippen LogP contribution in [0.5, 0.6) is 0 Å². The number of hydrogen-bond donors (Lipinski definition) is 0. The van der Waals surface area contributed by atoms with E-state index in [4.69, 9.17) is 0 Å². The van der Waals surface area contributed by atoms with Gasteiger partial charge in [-0.1, -0.05) is 113 Å². The van der Waals surface area contributed by atoms with Crippen molar-refractivity contribution in [2.75, 3.05) is 0 Å². The van der Waals surface area contributed by atoms with Crippen molar-refractivity contribution in [2.45, 2.75) is 77.5 Å². The molecule has 0 aliphatic carbocycles. The highest BCUT2D eigenvalue weighted by Gasteiger charge is 2.10. The Balaban J connectivity index is 0. The second-order valence-corrected chi connectivity index (χ2v) is 5.90. The standard InChI is InChI=1S/C18H31B.2H2O/c1-3-5-6-7-8-10-14-17(13-4-2)19-18-15-11-9-12-16-18;;/h9,11-12,15-17,19H,3-8,10,13-14H2,1-2H3;2*1H2. The van der Waals surface area contributed by atoms with Gasteiger partial charge in [-0.2, -0.15) is 0 Å². The first kappa shape index (κ1) is 22.5. The second-order valence-electron chi connectivity index (χ2n) is 5.90. The van der Waals surface area contributed by atoms with E-state index in [0.717, 1.165) is 5.82 Å². The molecule has 0 saturated heterocycles. The fourth-order valence-corrected chi connectivity index (χ4v) is 2.92. The van der Waals surface area contributed by atoms with Crippen molar-refractivity contribution in [3.05, 3.63) is 30.3 Å². The lowest BCUT2D eigenvalue weighted by Crippen LogP contribution is -2.19. The van der Waals surface area contributed by atoms with Gasteiger partial charge in [-0.15, -0.1) is 0 Å².